The second-order valence-electron chi connectivity index (χ2n) is 9.11. The SMILES string of the molecule is CCOC(=O)C1=C(C)N=c2s/c(=C\c3cc(C)n(-c4ccc(Cl)c(Cl)c4)c3C)c(=O)n2[C@H]1c1ccc(Br)cc1. The minimum Gasteiger partial charge on any atom is -0.463 e. The number of allylic oxidation sites excluding steroid dienone is 1. The van der Waals surface area contributed by atoms with Crippen LogP contribution in [0.25, 0.3) is 11.8 Å². The molecule has 0 saturated heterocycles. The smallest absolute Gasteiger partial charge is 0.338 e. The first kappa shape index (κ1) is 27.6. The minimum atomic E-state index is -0.654. The predicted molar refractivity (Wildman–Crippen MR) is 160 cm³/mol. The molecule has 6 nitrogen and oxygen atoms in total. The Morgan fingerprint density at radius 3 is 2.49 bits per heavy atom. The van der Waals surface area contributed by atoms with E-state index in [0.29, 0.717) is 30.6 Å². The van der Waals surface area contributed by atoms with Crippen LogP contribution in [0, 0.1) is 13.8 Å². The Hall–Kier alpha value is -2.91. The molecule has 0 bridgehead atoms. The van der Waals surface area contributed by atoms with Crippen LogP contribution in [0.1, 0.15) is 42.4 Å². The van der Waals surface area contributed by atoms with Gasteiger partial charge in [0.2, 0.25) is 0 Å². The van der Waals surface area contributed by atoms with Crippen LogP contribution < -0.4 is 14.9 Å². The van der Waals surface area contributed by atoms with E-state index < -0.39 is 12.0 Å². The Balaban J connectivity index is 1.68. The van der Waals surface area contributed by atoms with E-state index in [1.807, 2.05) is 62.4 Å². The van der Waals surface area contributed by atoms with Crippen LogP contribution in [0.2, 0.25) is 10.0 Å². The zero-order valence-corrected chi connectivity index (χ0v) is 25.5. The lowest BCUT2D eigenvalue weighted by Gasteiger charge is -2.24. The number of carbonyl (C=O) groups is 1. The number of carbonyl (C=O) groups excluding carboxylic acids is 1. The molecule has 0 saturated carbocycles. The van der Waals surface area contributed by atoms with Gasteiger partial charge in [-0.1, -0.05) is 62.6 Å². The topological polar surface area (TPSA) is 65.6 Å². The minimum absolute atomic E-state index is 0.222. The number of benzene rings is 2. The molecule has 0 fully saturated rings. The Bertz CT molecular complexity index is 1830. The molecule has 1 atom stereocenters. The van der Waals surface area contributed by atoms with Crippen molar-refractivity contribution in [2.75, 3.05) is 6.61 Å². The fourth-order valence-electron chi connectivity index (χ4n) is 4.85. The first-order valence-electron chi connectivity index (χ1n) is 12.2. The van der Waals surface area contributed by atoms with Gasteiger partial charge in [0.05, 0.1) is 38.5 Å². The highest BCUT2D eigenvalue weighted by Gasteiger charge is 2.33. The number of nitrogens with zero attached hydrogens (tertiary/aromatic N) is 3. The van der Waals surface area contributed by atoms with Crippen molar-refractivity contribution < 1.29 is 9.53 Å². The number of fused-ring (bicyclic) bond motifs is 1. The Morgan fingerprint density at radius 1 is 1.10 bits per heavy atom. The van der Waals surface area contributed by atoms with Gasteiger partial charge in [0.15, 0.2) is 4.80 Å². The maximum atomic E-state index is 13.9. The largest absolute Gasteiger partial charge is 0.463 e. The molecule has 3 heterocycles. The van der Waals surface area contributed by atoms with Crippen LogP contribution >= 0.6 is 50.5 Å². The van der Waals surface area contributed by atoms with E-state index in [4.69, 9.17) is 27.9 Å². The zero-order valence-electron chi connectivity index (χ0n) is 21.6. The summed E-state index contributed by atoms with van der Waals surface area (Å²) < 4.78 is 10.4. The summed E-state index contributed by atoms with van der Waals surface area (Å²) in [5, 5.41) is 0.958. The summed E-state index contributed by atoms with van der Waals surface area (Å²) in [6.45, 7) is 7.75. The first-order valence-corrected chi connectivity index (χ1v) is 14.6. The van der Waals surface area contributed by atoms with Crippen molar-refractivity contribution in [2.24, 2.45) is 4.99 Å². The highest BCUT2D eigenvalue weighted by molar-refractivity contribution is 9.10. The Morgan fingerprint density at radius 2 is 1.82 bits per heavy atom. The summed E-state index contributed by atoms with van der Waals surface area (Å²) in [7, 11) is 0. The first-order chi connectivity index (χ1) is 18.6. The molecule has 0 spiro atoms. The van der Waals surface area contributed by atoms with Crippen LogP contribution in [-0.2, 0) is 9.53 Å². The van der Waals surface area contributed by atoms with Crippen molar-refractivity contribution in [1.29, 1.82) is 0 Å². The summed E-state index contributed by atoms with van der Waals surface area (Å²) in [6, 6.07) is 14.4. The second-order valence-corrected chi connectivity index (χ2v) is 11.9. The number of rotatable bonds is 5. The van der Waals surface area contributed by atoms with Crippen LogP contribution in [-0.4, -0.2) is 21.7 Å². The van der Waals surface area contributed by atoms with Crippen LogP contribution in [0.3, 0.4) is 0 Å². The molecule has 0 amide bonds. The molecular weight excluding hydrogens is 621 g/mol. The monoisotopic (exact) mass is 643 g/mol. The zero-order chi connectivity index (χ0) is 28.0. The molecule has 10 heteroatoms. The van der Waals surface area contributed by atoms with E-state index in [-0.39, 0.29) is 12.2 Å². The van der Waals surface area contributed by atoms with Crippen molar-refractivity contribution in [1.82, 2.24) is 9.13 Å². The van der Waals surface area contributed by atoms with Crippen molar-refractivity contribution in [3.8, 4) is 5.69 Å². The Kier molecular flexibility index (Phi) is 7.75. The second kappa shape index (κ2) is 10.9. The molecule has 39 heavy (non-hydrogen) atoms. The van der Waals surface area contributed by atoms with Crippen LogP contribution in [0.5, 0.6) is 0 Å². The molecule has 200 valence electrons. The number of hydrogen-bond donors (Lipinski definition) is 0. The average Bonchev–Trinajstić information content (AvgIpc) is 3.35. The van der Waals surface area contributed by atoms with Gasteiger partial charge in [0.25, 0.3) is 5.56 Å². The summed E-state index contributed by atoms with van der Waals surface area (Å²) in [5.41, 5.74) is 5.17. The Labute approximate surface area is 247 Å². The van der Waals surface area contributed by atoms with Gasteiger partial charge in [0.1, 0.15) is 0 Å². The average molecular weight is 645 g/mol. The van der Waals surface area contributed by atoms with Gasteiger partial charge in [-0.3, -0.25) is 9.36 Å². The van der Waals surface area contributed by atoms with Gasteiger partial charge in [0, 0.05) is 21.5 Å². The molecule has 0 aliphatic carbocycles. The highest BCUT2D eigenvalue weighted by Crippen LogP contribution is 2.32. The van der Waals surface area contributed by atoms with E-state index in [0.717, 1.165) is 32.7 Å². The maximum absolute atomic E-state index is 13.9. The fraction of sp³-hybridized carbons (Fsp3) is 0.207. The van der Waals surface area contributed by atoms with E-state index in [2.05, 4.69) is 25.5 Å². The fourth-order valence-corrected chi connectivity index (χ4v) is 6.44. The summed E-state index contributed by atoms with van der Waals surface area (Å²) in [6.07, 6.45) is 1.88. The molecule has 1 aliphatic rings. The standard InChI is InChI=1S/C29H24BrCl2N3O3S/c1-5-38-28(37)25-16(3)33-29-35(26(25)18-6-8-20(30)9-7-18)27(36)24(39-29)13-19-12-15(2)34(17(19)4)21-10-11-22(31)23(32)14-21/h6-14,26H,5H2,1-4H3/b24-13-/t26-/m0/s1. The molecule has 0 N–H and O–H groups in total. The lowest BCUT2D eigenvalue weighted by molar-refractivity contribution is -0.139. The normalized spacial score (nSPS) is 15.4. The number of aryl methyl sites for hydroxylation is 1. The van der Waals surface area contributed by atoms with Gasteiger partial charge in [-0.25, -0.2) is 9.79 Å². The van der Waals surface area contributed by atoms with Gasteiger partial charge in [-0.2, -0.15) is 0 Å². The van der Waals surface area contributed by atoms with Crippen LogP contribution in [0.15, 0.2) is 74.1 Å². The van der Waals surface area contributed by atoms with E-state index in [1.54, 1.807) is 24.5 Å². The van der Waals surface area contributed by atoms with Crippen molar-refractivity contribution >= 4 is 62.5 Å². The number of ether oxygens (including phenoxy) is 1. The van der Waals surface area contributed by atoms with E-state index in [1.165, 1.54) is 11.3 Å². The summed E-state index contributed by atoms with van der Waals surface area (Å²) >= 11 is 17.2. The predicted octanol–water partition coefficient (Wildman–Crippen LogP) is 6.28. The molecule has 2 aromatic heterocycles. The van der Waals surface area contributed by atoms with Gasteiger partial charge >= 0.3 is 5.97 Å². The van der Waals surface area contributed by atoms with Crippen molar-refractivity contribution in [2.45, 2.75) is 33.7 Å². The van der Waals surface area contributed by atoms with Crippen molar-refractivity contribution in [3.63, 3.8) is 0 Å². The molecule has 5 rings (SSSR count). The van der Waals surface area contributed by atoms with Gasteiger partial charge < -0.3 is 9.30 Å². The summed E-state index contributed by atoms with van der Waals surface area (Å²) in [4.78, 5) is 32.2. The molecule has 0 unspecified atom stereocenters. The lowest BCUT2D eigenvalue weighted by Crippen LogP contribution is -2.39. The summed E-state index contributed by atoms with van der Waals surface area (Å²) in [5.74, 6) is -0.480. The van der Waals surface area contributed by atoms with Gasteiger partial charge in [-0.05, 0) is 81.3 Å². The number of esters is 1. The molecular formula is C29H24BrCl2N3O3S. The number of hydrogen-bond acceptors (Lipinski definition) is 5. The third kappa shape index (κ3) is 5.07. The quantitative estimate of drug-likeness (QED) is 0.240. The van der Waals surface area contributed by atoms with Gasteiger partial charge in [-0.15, -0.1) is 0 Å². The maximum Gasteiger partial charge on any atom is 0.338 e. The highest BCUT2D eigenvalue weighted by atomic mass is 79.9. The molecule has 4 aromatic rings. The van der Waals surface area contributed by atoms with Crippen molar-refractivity contribution in [3.05, 3.63) is 117 Å². The number of halogens is 3. The molecule has 0 radical (unpaired) electrons. The van der Waals surface area contributed by atoms with Crippen LogP contribution in [0.4, 0.5) is 0 Å². The van der Waals surface area contributed by atoms with E-state index >= 15 is 0 Å². The molecule has 2 aromatic carbocycles. The number of aromatic nitrogens is 2. The third-order valence-corrected chi connectivity index (χ3v) is 8.87. The third-order valence-electron chi connectivity index (χ3n) is 6.62. The van der Waals surface area contributed by atoms with E-state index in [9.17, 15) is 9.59 Å². The molecule has 1 aliphatic heterocycles. The lowest BCUT2D eigenvalue weighted by atomic mass is 9.96. The number of thiazole rings is 1.